The van der Waals surface area contributed by atoms with E-state index in [-0.39, 0.29) is 11.8 Å². The number of carbonyl (C=O) groups is 2. The van der Waals surface area contributed by atoms with Crippen molar-refractivity contribution in [1.82, 2.24) is 25.4 Å². The van der Waals surface area contributed by atoms with Gasteiger partial charge in [-0.25, -0.2) is 9.67 Å². The van der Waals surface area contributed by atoms with Crippen molar-refractivity contribution >= 4 is 23.2 Å². The molecule has 134 valence electrons. The molecule has 0 radical (unpaired) electrons. The smallest absolute Gasteiger partial charge is 0.261 e. The molecule has 1 unspecified atom stereocenters. The highest BCUT2D eigenvalue weighted by Crippen LogP contribution is 2.08. The van der Waals surface area contributed by atoms with Crippen LogP contribution in [0.2, 0.25) is 0 Å². The Morgan fingerprint density at radius 2 is 1.96 bits per heavy atom. The normalized spacial score (nSPS) is 11.7. The van der Waals surface area contributed by atoms with Crippen molar-refractivity contribution in [3.05, 3.63) is 70.4 Å². The van der Waals surface area contributed by atoms with Gasteiger partial charge in [-0.1, -0.05) is 30.3 Å². The summed E-state index contributed by atoms with van der Waals surface area (Å²) in [5.41, 5.74) is 2.08. The number of hydrogen-bond acceptors (Lipinski definition) is 5. The third-order valence-electron chi connectivity index (χ3n) is 3.79. The second-order valence-corrected chi connectivity index (χ2v) is 6.75. The Bertz CT molecular complexity index is 844. The SMILES string of the molecule is CC(NC(=O)c1cccs1)C(=O)NCc1ccc(Cn2cncn2)cc1. The van der Waals surface area contributed by atoms with Gasteiger partial charge >= 0.3 is 0 Å². The van der Waals surface area contributed by atoms with E-state index in [0.29, 0.717) is 18.0 Å². The van der Waals surface area contributed by atoms with Crippen LogP contribution in [0.4, 0.5) is 0 Å². The lowest BCUT2D eigenvalue weighted by molar-refractivity contribution is -0.122. The maximum atomic E-state index is 12.2. The Hall–Kier alpha value is -3.00. The van der Waals surface area contributed by atoms with Crippen LogP contribution >= 0.6 is 11.3 Å². The maximum absolute atomic E-state index is 12.2. The molecule has 0 fully saturated rings. The van der Waals surface area contributed by atoms with Gasteiger partial charge in [0.15, 0.2) is 0 Å². The molecule has 0 aliphatic heterocycles. The van der Waals surface area contributed by atoms with Gasteiger partial charge in [0.25, 0.3) is 5.91 Å². The standard InChI is InChI=1S/C18H19N5O2S/c1-13(22-18(25)16-3-2-8-26-16)17(24)20-9-14-4-6-15(7-5-14)10-23-12-19-11-21-23/h2-8,11-13H,9-10H2,1H3,(H,20,24)(H,22,25). The second-order valence-electron chi connectivity index (χ2n) is 5.80. The van der Waals surface area contributed by atoms with Gasteiger partial charge in [0.2, 0.25) is 5.91 Å². The third-order valence-corrected chi connectivity index (χ3v) is 4.66. The van der Waals surface area contributed by atoms with E-state index in [4.69, 9.17) is 0 Å². The summed E-state index contributed by atoms with van der Waals surface area (Å²) in [6.07, 6.45) is 3.17. The molecule has 26 heavy (non-hydrogen) atoms. The van der Waals surface area contributed by atoms with Crippen LogP contribution in [0.15, 0.2) is 54.4 Å². The minimum Gasteiger partial charge on any atom is -0.350 e. The summed E-state index contributed by atoms with van der Waals surface area (Å²) in [6, 6.07) is 10.8. The number of thiophene rings is 1. The van der Waals surface area contributed by atoms with Crippen molar-refractivity contribution in [2.75, 3.05) is 0 Å². The lowest BCUT2D eigenvalue weighted by atomic mass is 10.1. The zero-order chi connectivity index (χ0) is 18.4. The molecule has 8 heteroatoms. The number of hydrogen-bond donors (Lipinski definition) is 2. The minimum atomic E-state index is -0.601. The van der Waals surface area contributed by atoms with Gasteiger partial charge in [-0.15, -0.1) is 11.3 Å². The molecule has 2 amide bonds. The van der Waals surface area contributed by atoms with E-state index >= 15 is 0 Å². The van der Waals surface area contributed by atoms with Gasteiger partial charge in [0, 0.05) is 6.54 Å². The molecule has 1 aromatic carbocycles. The second kappa shape index (κ2) is 8.39. The largest absolute Gasteiger partial charge is 0.350 e. The fraction of sp³-hybridized carbons (Fsp3) is 0.222. The topological polar surface area (TPSA) is 88.9 Å². The van der Waals surface area contributed by atoms with Gasteiger partial charge in [-0.2, -0.15) is 5.10 Å². The molecule has 2 N–H and O–H groups in total. The van der Waals surface area contributed by atoms with Crippen molar-refractivity contribution in [2.45, 2.75) is 26.1 Å². The van der Waals surface area contributed by atoms with E-state index in [2.05, 4.69) is 20.7 Å². The van der Waals surface area contributed by atoms with Crippen molar-refractivity contribution < 1.29 is 9.59 Å². The molecular weight excluding hydrogens is 350 g/mol. The summed E-state index contributed by atoms with van der Waals surface area (Å²) in [5.74, 6) is -0.457. The summed E-state index contributed by atoms with van der Waals surface area (Å²) >= 11 is 1.34. The van der Waals surface area contributed by atoms with Crippen molar-refractivity contribution in [3.63, 3.8) is 0 Å². The number of benzene rings is 1. The predicted molar refractivity (Wildman–Crippen MR) is 98.7 cm³/mol. The number of carbonyl (C=O) groups excluding carboxylic acids is 2. The molecule has 2 heterocycles. The molecule has 2 aromatic heterocycles. The number of nitrogens with one attached hydrogen (secondary N) is 2. The fourth-order valence-corrected chi connectivity index (χ4v) is 2.97. The highest BCUT2D eigenvalue weighted by Gasteiger charge is 2.16. The molecule has 1 atom stereocenters. The zero-order valence-electron chi connectivity index (χ0n) is 14.3. The molecule has 3 aromatic rings. The van der Waals surface area contributed by atoms with Crippen LogP contribution in [0.1, 0.15) is 27.7 Å². The van der Waals surface area contributed by atoms with E-state index in [1.165, 1.54) is 17.7 Å². The number of rotatable bonds is 7. The van der Waals surface area contributed by atoms with Crippen LogP contribution in [0, 0.1) is 0 Å². The van der Waals surface area contributed by atoms with E-state index in [1.54, 1.807) is 30.1 Å². The number of amides is 2. The monoisotopic (exact) mass is 369 g/mol. The summed E-state index contributed by atoms with van der Waals surface area (Å²) in [4.78, 5) is 28.6. The van der Waals surface area contributed by atoms with Crippen LogP contribution < -0.4 is 10.6 Å². The number of nitrogens with zero attached hydrogens (tertiary/aromatic N) is 3. The third kappa shape index (κ3) is 4.76. The first kappa shape index (κ1) is 17.8. The Labute approximate surface area is 155 Å². The Kier molecular flexibility index (Phi) is 5.75. The molecule has 0 bridgehead atoms. The van der Waals surface area contributed by atoms with Crippen LogP contribution in [0.3, 0.4) is 0 Å². The molecule has 3 rings (SSSR count). The summed E-state index contributed by atoms with van der Waals surface area (Å²) in [5, 5.41) is 11.4. The lowest BCUT2D eigenvalue weighted by Gasteiger charge is -2.14. The van der Waals surface area contributed by atoms with Gasteiger partial charge < -0.3 is 10.6 Å². The average molecular weight is 369 g/mol. The molecule has 0 aliphatic carbocycles. The quantitative estimate of drug-likeness (QED) is 0.665. The van der Waals surface area contributed by atoms with Gasteiger partial charge in [0.1, 0.15) is 18.7 Å². The maximum Gasteiger partial charge on any atom is 0.261 e. The molecular formula is C18H19N5O2S. The molecule has 0 spiro atoms. The van der Waals surface area contributed by atoms with Gasteiger partial charge in [-0.05, 0) is 29.5 Å². The highest BCUT2D eigenvalue weighted by molar-refractivity contribution is 7.12. The summed E-state index contributed by atoms with van der Waals surface area (Å²) < 4.78 is 1.74. The zero-order valence-corrected chi connectivity index (χ0v) is 15.1. The van der Waals surface area contributed by atoms with E-state index < -0.39 is 6.04 Å². The Morgan fingerprint density at radius 1 is 1.19 bits per heavy atom. The van der Waals surface area contributed by atoms with Crippen LogP contribution in [0.25, 0.3) is 0 Å². The number of aromatic nitrogens is 3. The van der Waals surface area contributed by atoms with Crippen LogP contribution in [-0.4, -0.2) is 32.6 Å². The van der Waals surface area contributed by atoms with Crippen LogP contribution in [0.5, 0.6) is 0 Å². The molecule has 7 nitrogen and oxygen atoms in total. The van der Waals surface area contributed by atoms with Crippen molar-refractivity contribution in [1.29, 1.82) is 0 Å². The summed E-state index contributed by atoms with van der Waals surface area (Å²) in [6.45, 7) is 2.72. The van der Waals surface area contributed by atoms with Crippen molar-refractivity contribution in [3.8, 4) is 0 Å². The van der Waals surface area contributed by atoms with Gasteiger partial charge in [0.05, 0.1) is 11.4 Å². The Balaban J connectivity index is 1.47. The van der Waals surface area contributed by atoms with Crippen molar-refractivity contribution in [2.24, 2.45) is 0 Å². The van der Waals surface area contributed by atoms with E-state index in [1.807, 2.05) is 29.6 Å². The van der Waals surface area contributed by atoms with Gasteiger partial charge in [-0.3, -0.25) is 9.59 Å². The Morgan fingerprint density at radius 3 is 2.62 bits per heavy atom. The first-order valence-corrected chi connectivity index (χ1v) is 9.02. The first-order valence-electron chi connectivity index (χ1n) is 8.14. The van der Waals surface area contributed by atoms with Crippen LogP contribution in [-0.2, 0) is 17.9 Å². The van der Waals surface area contributed by atoms with E-state index in [0.717, 1.165) is 11.1 Å². The first-order chi connectivity index (χ1) is 12.6. The van der Waals surface area contributed by atoms with E-state index in [9.17, 15) is 9.59 Å². The average Bonchev–Trinajstić information content (AvgIpc) is 3.34. The molecule has 0 saturated carbocycles. The lowest BCUT2D eigenvalue weighted by Crippen LogP contribution is -2.44. The highest BCUT2D eigenvalue weighted by atomic mass is 32.1. The minimum absolute atomic E-state index is 0.221. The fourth-order valence-electron chi connectivity index (χ4n) is 2.35. The predicted octanol–water partition coefficient (Wildman–Crippen LogP) is 1.82. The molecule has 0 saturated heterocycles. The summed E-state index contributed by atoms with van der Waals surface area (Å²) in [7, 11) is 0. The molecule has 0 aliphatic rings.